The zero-order chi connectivity index (χ0) is 33.1. The van der Waals surface area contributed by atoms with Crippen molar-refractivity contribution < 1.29 is 0 Å². The third-order valence-electron chi connectivity index (χ3n) is 10.2. The van der Waals surface area contributed by atoms with Gasteiger partial charge in [-0.2, -0.15) is 0 Å². The fraction of sp³-hybridized carbons (Fsp3) is 0.0833. The van der Waals surface area contributed by atoms with Crippen molar-refractivity contribution >= 4 is 43.4 Å². The zero-order valence-corrected chi connectivity index (χ0v) is 28.1. The van der Waals surface area contributed by atoms with E-state index in [0.717, 1.165) is 5.69 Å². The van der Waals surface area contributed by atoms with Crippen molar-refractivity contribution in [1.29, 1.82) is 0 Å². The molecule has 8 aromatic carbocycles. The average molecular weight is 628 g/mol. The van der Waals surface area contributed by atoms with Gasteiger partial charge in [-0.3, -0.25) is 0 Å². The molecule has 0 atom stereocenters. The first kappa shape index (κ1) is 29.2. The number of aromatic nitrogens is 1. The van der Waals surface area contributed by atoms with Gasteiger partial charge in [0, 0.05) is 16.5 Å². The standard InChI is InChI=1S/C48H37N/c1-48(2,3)36-26-21-32(22-27-36)35-25-30-45-43(31-35)38-15-11-12-20-44(38)49(45)37-28-23-34(24-29-37)47-41-18-9-7-16-39(41)46(33-13-5-4-6-14-33)40-17-8-10-19-42(40)47/h4-31H,1-3H3. The number of hydrogen-bond donors (Lipinski definition) is 0. The van der Waals surface area contributed by atoms with E-state index in [9.17, 15) is 0 Å². The van der Waals surface area contributed by atoms with Crippen LogP contribution in [-0.2, 0) is 5.41 Å². The van der Waals surface area contributed by atoms with E-state index in [4.69, 9.17) is 0 Å². The molecule has 0 unspecified atom stereocenters. The minimum atomic E-state index is 0.136. The third-order valence-corrected chi connectivity index (χ3v) is 10.2. The number of nitrogens with zero attached hydrogens (tertiary/aromatic N) is 1. The van der Waals surface area contributed by atoms with Gasteiger partial charge in [-0.1, -0.05) is 160 Å². The molecule has 1 heteroatoms. The zero-order valence-electron chi connectivity index (χ0n) is 28.1. The van der Waals surface area contributed by atoms with E-state index in [2.05, 4.69) is 195 Å². The second-order valence-electron chi connectivity index (χ2n) is 14.2. The topological polar surface area (TPSA) is 4.93 Å². The number of fused-ring (bicyclic) bond motifs is 5. The van der Waals surface area contributed by atoms with Gasteiger partial charge in [0.15, 0.2) is 0 Å². The predicted molar refractivity (Wildman–Crippen MR) is 211 cm³/mol. The Morgan fingerprint density at radius 2 is 0.796 bits per heavy atom. The van der Waals surface area contributed by atoms with Gasteiger partial charge in [0.25, 0.3) is 0 Å². The summed E-state index contributed by atoms with van der Waals surface area (Å²) in [6.07, 6.45) is 0. The number of hydrogen-bond acceptors (Lipinski definition) is 0. The van der Waals surface area contributed by atoms with Gasteiger partial charge in [-0.15, -0.1) is 0 Å². The van der Waals surface area contributed by atoms with Crippen LogP contribution < -0.4 is 0 Å². The van der Waals surface area contributed by atoms with Gasteiger partial charge in [-0.25, -0.2) is 0 Å². The Morgan fingerprint density at radius 3 is 1.37 bits per heavy atom. The van der Waals surface area contributed by atoms with Crippen molar-refractivity contribution in [2.75, 3.05) is 0 Å². The first-order chi connectivity index (χ1) is 24.0. The Hall–Kier alpha value is -5.92. The molecule has 0 radical (unpaired) electrons. The summed E-state index contributed by atoms with van der Waals surface area (Å²) in [4.78, 5) is 0. The molecule has 0 bridgehead atoms. The van der Waals surface area contributed by atoms with Gasteiger partial charge in [0.2, 0.25) is 0 Å². The lowest BCUT2D eigenvalue weighted by molar-refractivity contribution is 0.590. The molecule has 1 aromatic heterocycles. The molecule has 0 N–H and O–H groups in total. The Morgan fingerprint density at radius 1 is 0.347 bits per heavy atom. The van der Waals surface area contributed by atoms with Gasteiger partial charge in [0.1, 0.15) is 0 Å². The molecular weight excluding hydrogens is 591 g/mol. The fourth-order valence-electron chi connectivity index (χ4n) is 7.73. The van der Waals surface area contributed by atoms with Crippen LogP contribution >= 0.6 is 0 Å². The van der Waals surface area contributed by atoms with E-state index >= 15 is 0 Å². The Labute approximate surface area is 287 Å². The number of para-hydroxylation sites is 1. The summed E-state index contributed by atoms with van der Waals surface area (Å²) in [5.74, 6) is 0. The molecular formula is C48H37N. The van der Waals surface area contributed by atoms with E-state index in [1.54, 1.807) is 0 Å². The van der Waals surface area contributed by atoms with Crippen LogP contribution in [0, 0.1) is 0 Å². The second-order valence-corrected chi connectivity index (χ2v) is 14.2. The van der Waals surface area contributed by atoms with Gasteiger partial charge < -0.3 is 4.57 Å². The fourth-order valence-corrected chi connectivity index (χ4v) is 7.73. The molecule has 0 amide bonds. The van der Waals surface area contributed by atoms with Crippen LogP contribution in [0.1, 0.15) is 26.3 Å². The monoisotopic (exact) mass is 627 g/mol. The van der Waals surface area contributed by atoms with Crippen molar-refractivity contribution in [2.45, 2.75) is 26.2 Å². The molecule has 9 aromatic rings. The minimum Gasteiger partial charge on any atom is -0.309 e. The van der Waals surface area contributed by atoms with Crippen molar-refractivity contribution in [3.05, 3.63) is 175 Å². The molecule has 0 aliphatic heterocycles. The maximum Gasteiger partial charge on any atom is 0.0541 e. The SMILES string of the molecule is CC(C)(C)c1ccc(-c2ccc3c(c2)c2ccccc2n3-c2ccc(-c3c4ccccc4c(-c4ccccc4)c4ccccc34)cc2)cc1. The first-order valence-electron chi connectivity index (χ1n) is 17.2. The summed E-state index contributed by atoms with van der Waals surface area (Å²) in [5.41, 5.74) is 12.6. The quantitative estimate of drug-likeness (QED) is 0.171. The largest absolute Gasteiger partial charge is 0.309 e. The molecule has 1 heterocycles. The molecule has 9 rings (SSSR count). The molecule has 0 aliphatic rings. The van der Waals surface area contributed by atoms with Crippen LogP contribution in [0.3, 0.4) is 0 Å². The number of benzene rings is 8. The molecule has 49 heavy (non-hydrogen) atoms. The Bertz CT molecular complexity index is 2590. The third kappa shape index (κ3) is 4.85. The van der Waals surface area contributed by atoms with Gasteiger partial charge in [-0.05, 0) is 96.2 Å². The average Bonchev–Trinajstić information content (AvgIpc) is 3.47. The molecule has 0 saturated heterocycles. The van der Waals surface area contributed by atoms with Crippen LogP contribution in [-0.4, -0.2) is 4.57 Å². The van der Waals surface area contributed by atoms with Crippen molar-refractivity contribution in [3.8, 4) is 39.1 Å². The summed E-state index contributed by atoms with van der Waals surface area (Å²) in [7, 11) is 0. The van der Waals surface area contributed by atoms with E-state index in [-0.39, 0.29) is 5.41 Å². The normalized spacial score (nSPS) is 12.0. The second kappa shape index (κ2) is 11.4. The van der Waals surface area contributed by atoms with E-state index in [1.807, 2.05) is 0 Å². The summed E-state index contributed by atoms with van der Waals surface area (Å²) in [6.45, 7) is 6.80. The van der Waals surface area contributed by atoms with Gasteiger partial charge >= 0.3 is 0 Å². The summed E-state index contributed by atoms with van der Waals surface area (Å²) >= 11 is 0. The van der Waals surface area contributed by atoms with Crippen molar-refractivity contribution in [3.63, 3.8) is 0 Å². The Balaban J connectivity index is 1.19. The Kier molecular flexibility index (Phi) is 6.78. The van der Waals surface area contributed by atoms with Crippen molar-refractivity contribution in [1.82, 2.24) is 4.57 Å². The highest BCUT2D eigenvalue weighted by atomic mass is 15.0. The maximum atomic E-state index is 2.41. The number of rotatable bonds is 4. The van der Waals surface area contributed by atoms with Crippen molar-refractivity contribution in [2.24, 2.45) is 0 Å². The summed E-state index contributed by atoms with van der Waals surface area (Å²) < 4.78 is 2.41. The highest BCUT2D eigenvalue weighted by Gasteiger charge is 2.18. The van der Waals surface area contributed by atoms with Crippen LogP contribution in [0.5, 0.6) is 0 Å². The first-order valence-corrected chi connectivity index (χ1v) is 17.2. The molecule has 0 aliphatic carbocycles. The van der Waals surface area contributed by atoms with Crippen LogP contribution in [0.2, 0.25) is 0 Å². The predicted octanol–water partition coefficient (Wildman–Crippen LogP) is 13.4. The van der Waals surface area contributed by atoms with Crippen LogP contribution in [0.4, 0.5) is 0 Å². The molecule has 0 fully saturated rings. The molecule has 1 nitrogen and oxygen atoms in total. The molecule has 234 valence electrons. The lowest BCUT2D eigenvalue weighted by Gasteiger charge is -2.19. The molecule has 0 spiro atoms. The smallest absolute Gasteiger partial charge is 0.0541 e. The van der Waals surface area contributed by atoms with E-state index < -0.39 is 0 Å². The summed E-state index contributed by atoms with van der Waals surface area (Å²) in [6, 6.07) is 62.5. The minimum absolute atomic E-state index is 0.136. The summed E-state index contributed by atoms with van der Waals surface area (Å²) in [5, 5.41) is 7.63. The van der Waals surface area contributed by atoms with Gasteiger partial charge in [0.05, 0.1) is 11.0 Å². The maximum absolute atomic E-state index is 2.41. The van der Waals surface area contributed by atoms with E-state index in [0.29, 0.717) is 0 Å². The lowest BCUT2D eigenvalue weighted by Crippen LogP contribution is -2.10. The van der Waals surface area contributed by atoms with E-state index in [1.165, 1.54) is 82.3 Å². The lowest BCUT2D eigenvalue weighted by atomic mass is 9.86. The highest BCUT2D eigenvalue weighted by Crippen LogP contribution is 2.44. The molecule has 0 saturated carbocycles. The van der Waals surface area contributed by atoms with Crippen LogP contribution in [0.25, 0.3) is 82.4 Å². The highest BCUT2D eigenvalue weighted by molar-refractivity contribution is 6.21. The van der Waals surface area contributed by atoms with Crippen LogP contribution in [0.15, 0.2) is 170 Å².